The van der Waals surface area contributed by atoms with Crippen LogP contribution in [0.1, 0.15) is 32.8 Å². The largest absolute Gasteiger partial charge is 0.444 e. The fraction of sp³-hybridized carbons (Fsp3) is 0.500. The molecule has 2 N–H and O–H groups in total. The number of rotatable bonds is 5. The van der Waals surface area contributed by atoms with E-state index in [1.54, 1.807) is 20.8 Å². The van der Waals surface area contributed by atoms with Crippen molar-refractivity contribution in [1.29, 1.82) is 0 Å². The third-order valence-corrected chi connectivity index (χ3v) is 5.32. The lowest BCUT2D eigenvalue weighted by Crippen LogP contribution is -2.44. The van der Waals surface area contributed by atoms with Crippen molar-refractivity contribution >= 4 is 34.1 Å². The summed E-state index contributed by atoms with van der Waals surface area (Å²) in [5, 5.41) is 7.82. The Hall–Kier alpha value is -2.80. The average molecular weight is 427 g/mol. The zero-order chi connectivity index (χ0) is 22.6. The number of alkyl carbamates (subject to hydrolysis) is 1. The van der Waals surface area contributed by atoms with Crippen LogP contribution in [-0.4, -0.2) is 62.3 Å². The summed E-state index contributed by atoms with van der Waals surface area (Å²) >= 11 is 0. The maximum absolute atomic E-state index is 12.3. The van der Waals surface area contributed by atoms with Crippen molar-refractivity contribution in [3.8, 4) is 0 Å². The first-order chi connectivity index (χ1) is 14.6. The van der Waals surface area contributed by atoms with E-state index in [1.165, 1.54) is 16.6 Å². The number of amides is 2. The Labute approximate surface area is 184 Å². The molecule has 0 saturated carbocycles. The fourth-order valence-corrected chi connectivity index (χ4v) is 3.66. The van der Waals surface area contributed by atoms with Gasteiger partial charge in [-0.1, -0.05) is 6.07 Å². The molecule has 1 heterocycles. The number of carbonyl (C=O) groups is 2. The molecular formula is C24H34N4O3. The average Bonchev–Trinajstić information content (AvgIpc) is 2.67. The molecule has 2 aromatic rings. The Morgan fingerprint density at radius 1 is 1.06 bits per heavy atom. The van der Waals surface area contributed by atoms with E-state index >= 15 is 0 Å². The van der Waals surface area contributed by atoms with Gasteiger partial charge in [0.05, 0.1) is 0 Å². The third-order valence-electron chi connectivity index (χ3n) is 5.32. The van der Waals surface area contributed by atoms with Crippen molar-refractivity contribution in [2.24, 2.45) is 0 Å². The van der Waals surface area contributed by atoms with Crippen LogP contribution in [0.3, 0.4) is 0 Å². The highest BCUT2D eigenvalue weighted by Crippen LogP contribution is 2.29. The highest BCUT2D eigenvalue weighted by atomic mass is 16.6. The van der Waals surface area contributed by atoms with Gasteiger partial charge in [0.1, 0.15) is 5.60 Å². The van der Waals surface area contributed by atoms with Crippen molar-refractivity contribution in [1.82, 2.24) is 10.2 Å². The Morgan fingerprint density at radius 2 is 1.77 bits per heavy atom. The number of likely N-dealkylation sites (N-methyl/N-ethyl adjacent to an activating group) is 1. The minimum atomic E-state index is -0.556. The first-order valence-electron chi connectivity index (χ1n) is 10.9. The standard InChI is InChI=1S/C24H34N4O3/c1-17-14-20(28-12-10-27(5)11-13-28)15-18-6-7-19(16-21(17)18)26-22(29)8-9-25-23(30)31-24(2,3)4/h6-7,14-16H,8-13H2,1-5H3,(H,25,30)(H,26,29). The number of piperazine rings is 1. The second kappa shape index (κ2) is 9.56. The molecule has 0 bridgehead atoms. The van der Waals surface area contributed by atoms with Gasteiger partial charge in [-0.25, -0.2) is 4.79 Å². The van der Waals surface area contributed by atoms with Gasteiger partial charge in [0, 0.05) is 50.5 Å². The van der Waals surface area contributed by atoms with E-state index in [-0.39, 0.29) is 18.9 Å². The number of anilines is 2. The van der Waals surface area contributed by atoms with Crippen molar-refractivity contribution in [3.63, 3.8) is 0 Å². The maximum Gasteiger partial charge on any atom is 0.407 e. The smallest absolute Gasteiger partial charge is 0.407 e. The molecule has 0 spiro atoms. The SMILES string of the molecule is Cc1cc(N2CCN(C)CC2)cc2ccc(NC(=O)CCNC(=O)OC(C)(C)C)cc12. The first kappa shape index (κ1) is 22.9. The monoisotopic (exact) mass is 426 g/mol. The molecule has 7 heteroatoms. The number of carbonyl (C=O) groups excluding carboxylic acids is 2. The van der Waals surface area contributed by atoms with Crippen molar-refractivity contribution in [3.05, 3.63) is 35.9 Å². The molecule has 3 rings (SSSR count). The molecule has 31 heavy (non-hydrogen) atoms. The van der Waals surface area contributed by atoms with Gasteiger partial charge in [-0.15, -0.1) is 0 Å². The molecule has 0 radical (unpaired) electrons. The van der Waals surface area contributed by atoms with Gasteiger partial charge < -0.3 is 25.2 Å². The van der Waals surface area contributed by atoms with Gasteiger partial charge in [0.25, 0.3) is 0 Å². The number of aryl methyl sites for hydroxylation is 1. The summed E-state index contributed by atoms with van der Waals surface area (Å²) < 4.78 is 5.17. The van der Waals surface area contributed by atoms with Gasteiger partial charge in [-0.05, 0) is 75.3 Å². The molecule has 2 aromatic carbocycles. The number of ether oxygens (including phenoxy) is 1. The minimum absolute atomic E-state index is 0.151. The lowest BCUT2D eigenvalue weighted by molar-refractivity contribution is -0.116. The number of benzene rings is 2. The van der Waals surface area contributed by atoms with Gasteiger partial charge in [-0.3, -0.25) is 4.79 Å². The van der Waals surface area contributed by atoms with Crippen LogP contribution >= 0.6 is 0 Å². The van der Waals surface area contributed by atoms with Crippen LogP contribution in [0.4, 0.5) is 16.2 Å². The lowest BCUT2D eigenvalue weighted by atomic mass is 10.0. The number of nitrogens with zero attached hydrogens (tertiary/aromatic N) is 2. The van der Waals surface area contributed by atoms with E-state index in [9.17, 15) is 9.59 Å². The molecule has 1 aliphatic heterocycles. The summed E-state index contributed by atoms with van der Waals surface area (Å²) in [6.07, 6.45) is -0.337. The summed E-state index contributed by atoms with van der Waals surface area (Å²) in [5.74, 6) is -0.151. The quantitative estimate of drug-likeness (QED) is 0.762. The van der Waals surface area contributed by atoms with Crippen LogP contribution in [0.5, 0.6) is 0 Å². The van der Waals surface area contributed by atoms with Gasteiger partial charge >= 0.3 is 6.09 Å². The van der Waals surface area contributed by atoms with Crippen molar-refractivity contribution in [2.45, 2.75) is 39.7 Å². The molecule has 0 aliphatic carbocycles. The van der Waals surface area contributed by atoms with Gasteiger partial charge in [0.15, 0.2) is 0 Å². The number of fused-ring (bicyclic) bond motifs is 1. The minimum Gasteiger partial charge on any atom is -0.444 e. The van der Waals surface area contributed by atoms with E-state index in [0.29, 0.717) is 0 Å². The van der Waals surface area contributed by atoms with Crippen LogP contribution in [-0.2, 0) is 9.53 Å². The first-order valence-corrected chi connectivity index (χ1v) is 10.9. The van der Waals surface area contributed by atoms with E-state index in [2.05, 4.69) is 52.6 Å². The molecule has 1 fully saturated rings. The summed E-state index contributed by atoms with van der Waals surface area (Å²) in [6.45, 7) is 12.0. The Kier molecular flexibility index (Phi) is 7.05. The van der Waals surface area contributed by atoms with E-state index in [1.807, 2.05) is 12.1 Å². The zero-order valence-corrected chi connectivity index (χ0v) is 19.2. The topological polar surface area (TPSA) is 73.9 Å². The van der Waals surface area contributed by atoms with Crippen LogP contribution in [0.15, 0.2) is 30.3 Å². The normalized spacial score (nSPS) is 15.1. The second-order valence-electron chi connectivity index (χ2n) is 9.22. The highest BCUT2D eigenvalue weighted by molar-refractivity contribution is 5.96. The molecular weight excluding hydrogens is 392 g/mol. The fourth-order valence-electron chi connectivity index (χ4n) is 3.66. The van der Waals surface area contributed by atoms with Crippen LogP contribution in [0.25, 0.3) is 10.8 Å². The Bertz CT molecular complexity index is 944. The number of hydrogen-bond donors (Lipinski definition) is 2. The van der Waals surface area contributed by atoms with Crippen LogP contribution in [0.2, 0.25) is 0 Å². The predicted molar refractivity (Wildman–Crippen MR) is 126 cm³/mol. The number of nitrogens with one attached hydrogen (secondary N) is 2. The summed E-state index contributed by atoms with van der Waals surface area (Å²) in [5.41, 5.74) is 2.64. The van der Waals surface area contributed by atoms with Crippen LogP contribution < -0.4 is 15.5 Å². The molecule has 0 unspecified atom stereocenters. The van der Waals surface area contributed by atoms with Crippen molar-refractivity contribution in [2.75, 3.05) is 50.0 Å². The zero-order valence-electron chi connectivity index (χ0n) is 19.2. The van der Waals surface area contributed by atoms with Gasteiger partial charge in [-0.2, -0.15) is 0 Å². The molecule has 1 saturated heterocycles. The maximum atomic E-state index is 12.3. The third kappa shape index (κ3) is 6.59. The molecule has 1 aliphatic rings. The summed E-state index contributed by atoms with van der Waals surface area (Å²) in [4.78, 5) is 28.7. The predicted octanol–water partition coefficient (Wildman–Crippen LogP) is 3.75. The van der Waals surface area contributed by atoms with Crippen molar-refractivity contribution < 1.29 is 14.3 Å². The summed E-state index contributed by atoms with van der Waals surface area (Å²) in [6, 6.07) is 10.4. The molecule has 2 amide bonds. The highest BCUT2D eigenvalue weighted by Gasteiger charge is 2.17. The lowest BCUT2D eigenvalue weighted by Gasteiger charge is -2.34. The molecule has 0 aromatic heterocycles. The molecule has 7 nitrogen and oxygen atoms in total. The van der Waals surface area contributed by atoms with Crippen LogP contribution in [0, 0.1) is 6.92 Å². The Morgan fingerprint density at radius 3 is 2.45 bits per heavy atom. The van der Waals surface area contributed by atoms with E-state index < -0.39 is 11.7 Å². The second-order valence-corrected chi connectivity index (χ2v) is 9.22. The van der Waals surface area contributed by atoms with Gasteiger partial charge in [0.2, 0.25) is 5.91 Å². The molecule has 168 valence electrons. The number of hydrogen-bond acceptors (Lipinski definition) is 5. The Balaban J connectivity index is 1.59. The van der Waals surface area contributed by atoms with E-state index in [4.69, 9.17) is 4.74 Å². The molecule has 0 atom stereocenters. The summed E-state index contributed by atoms with van der Waals surface area (Å²) in [7, 11) is 2.16. The van der Waals surface area contributed by atoms with E-state index in [0.717, 1.165) is 37.3 Å².